The lowest BCUT2D eigenvalue weighted by Crippen LogP contribution is -2.30. The number of hydrogen-bond donors (Lipinski definition) is 1. The molecule has 0 unspecified atom stereocenters. The Morgan fingerprint density at radius 3 is 2.44 bits per heavy atom. The first-order valence-corrected chi connectivity index (χ1v) is 12.9. The molecular weight excluding hydrogens is 448 g/mol. The lowest BCUT2D eigenvalue weighted by molar-refractivity contribution is -0.123. The van der Waals surface area contributed by atoms with E-state index in [0.29, 0.717) is 23.0 Å². The average Bonchev–Trinajstić information content (AvgIpc) is 2.78. The number of carbonyl (C=O) groups excluding carboxylic acids is 1. The van der Waals surface area contributed by atoms with E-state index in [0.717, 1.165) is 24.8 Å². The van der Waals surface area contributed by atoms with Crippen LogP contribution in [0.3, 0.4) is 0 Å². The molecule has 32 heavy (non-hydrogen) atoms. The maximum absolute atomic E-state index is 12.3. The molecule has 0 saturated carbocycles. The molecule has 0 aliphatic heterocycles. The number of carbonyl (C=O) groups is 1. The molecule has 0 radical (unpaired) electrons. The summed E-state index contributed by atoms with van der Waals surface area (Å²) in [5.41, 5.74) is 2.75. The highest BCUT2D eigenvalue weighted by Gasteiger charge is 2.18. The summed E-state index contributed by atoms with van der Waals surface area (Å²) in [5, 5.41) is 3.47. The Morgan fingerprint density at radius 1 is 1.09 bits per heavy atom. The van der Waals surface area contributed by atoms with Gasteiger partial charge in [-0.15, -0.1) is 0 Å². The van der Waals surface area contributed by atoms with Gasteiger partial charge < -0.3 is 10.1 Å². The smallest absolute Gasteiger partial charge is 0.257 e. The molecule has 1 aliphatic rings. The van der Waals surface area contributed by atoms with Crippen LogP contribution in [0.25, 0.3) is 0 Å². The molecule has 0 aromatic heterocycles. The van der Waals surface area contributed by atoms with E-state index >= 15 is 0 Å². The first kappa shape index (κ1) is 24.1. The van der Waals surface area contributed by atoms with Crippen LogP contribution < -0.4 is 14.4 Å². The Labute approximate surface area is 195 Å². The van der Waals surface area contributed by atoms with E-state index in [1.807, 2.05) is 0 Å². The van der Waals surface area contributed by atoms with Gasteiger partial charge in [-0.3, -0.25) is 9.10 Å². The summed E-state index contributed by atoms with van der Waals surface area (Å²) < 4.78 is 31.5. The fourth-order valence-electron chi connectivity index (χ4n) is 3.56. The maximum Gasteiger partial charge on any atom is 0.257 e. The van der Waals surface area contributed by atoms with Gasteiger partial charge in [-0.1, -0.05) is 35.4 Å². The summed E-state index contributed by atoms with van der Waals surface area (Å²) >= 11 is 5.91. The first-order valence-electron chi connectivity index (χ1n) is 10.7. The molecule has 0 fully saturated rings. The van der Waals surface area contributed by atoms with Gasteiger partial charge in [-0.05, 0) is 74.1 Å². The number of nitrogens with zero attached hydrogens (tertiary/aromatic N) is 1. The van der Waals surface area contributed by atoms with Crippen molar-refractivity contribution in [3.8, 4) is 5.75 Å². The number of amides is 1. The Bertz CT molecular complexity index is 1030. The molecule has 0 atom stereocenters. The van der Waals surface area contributed by atoms with E-state index in [1.165, 1.54) is 29.0 Å². The maximum atomic E-state index is 12.3. The van der Waals surface area contributed by atoms with Crippen LogP contribution in [-0.4, -0.2) is 33.7 Å². The molecule has 0 saturated heterocycles. The number of halogens is 1. The highest BCUT2D eigenvalue weighted by molar-refractivity contribution is 7.92. The van der Waals surface area contributed by atoms with E-state index in [1.54, 1.807) is 48.5 Å². The Morgan fingerprint density at radius 2 is 1.81 bits per heavy atom. The fraction of sp³-hybridized carbons (Fsp3) is 0.375. The second-order valence-electron chi connectivity index (χ2n) is 7.89. The zero-order valence-electron chi connectivity index (χ0n) is 18.2. The van der Waals surface area contributed by atoms with Crippen LogP contribution >= 0.6 is 11.6 Å². The third-order valence-electron chi connectivity index (χ3n) is 5.29. The second kappa shape index (κ2) is 11.4. The van der Waals surface area contributed by atoms with Gasteiger partial charge >= 0.3 is 0 Å². The number of rotatable bonds is 10. The van der Waals surface area contributed by atoms with Crippen LogP contribution in [0.4, 0.5) is 5.69 Å². The van der Waals surface area contributed by atoms with E-state index in [-0.39, 0.29) is 19.1 Å². The minimum atomic E-state index is -3.49. The fourth-order valence-corrected chi connectivity index (χ4v) is 4.57. The molecule has 172 valence electrons. The summed E-state index contributed by atoms with van der Waals surface area (Å²) in [6, 6.07) is 13.7. The van der Waals surface area contributed by atoms with Crippen molar-refractivity contribution < 1.29 is 17.9 Å². The summed E-state index contributed by atoms with van der Waals surface area (Å²) in [4.78, 5) is 12.0. The monoisotopic (exact) mass is 476 g/mol. The van der Waals surface area contributed by atoms with Gasteiger partial charge in [-0.25, -0.2) is 8.42 Å². The largest absolute Gasteiger partial charge is 0.484 e. The number of anilines is 1. The van der Waals surface area contributed by atoms with E-state index in [2.05, 4.69) is 11.4 Å². The summed E-state index contributed by atoms with van der Waals surface area (Å²) in [6.45, 7) is 0.717. The average molecular weight is 477 g/mol. The first-order chi connectivity index (χ1) is 15.3. The topological polar surface area (TPSA) is 75.7 Å². The number of hydrogen-bond acceptors (Lipinski definition) is 4. The van der Waals surface area contributed by atoms with Crippen molar-refractivity contribution in [1.29, 1.82) is 0 Å². The minimum absolute atomic E-state index is 0.0844. The molecule has 0 heterocycles. The molecule has 2 aromatic carbocycles. The van der Waals surface area contributed by atoms with Gasteiger partial charge in [0.2, 0.25) is 10.0 Å². The molecule has 1 N–H and O–H groups in total. The zero-order chi connectivity index (χ0) is 23.0. The number of sulfonamides is 1. The van der Waals surface area contributed by atoms with Crippen molar-refractivity contribution in [3.63, 3.8) is 0 Å². The van der Waals surface area contributed by atoms with Crippen molar-refractivity contribution >= 4 is 33.2 Å². The molecule has 1 aliphatic carbocycles. The highest BCUT2D eigenvalue weighted by Crippen LogP contribution is 2.24. The lowest BCUT2D eigenvalue weighted by atomic mass is 9.97. The Hall–Kier alpha value is -2.51. The van der Waals surface area contributed by atoms with Crippen LogP contribution in [0.5, 0.6) is 5.75 Å². The van der Waals surface area contributed by atoms with Gasteiger partial charge in [0.25, 0.3) is 5.91 Å². The van der Waals surface area contributed by atoms with Gasteiger partial charge in [0.1, 0.15) is 5.75 Å². The van der Waals surface area contributed by atoms with Crippen LogP contribution in [0.2, 0.25) is 5.02 Å². The molecule has 1 amide bonds. The van der Waals surface area contributed by atoms with Crippen LogP contribution in [0.1, 0.15) is 37.7 Å². The quantitative estimate of drug-likeness (QED) is 0.504. The van der Waals surface area contributed by atoms with Gasteiger partial charge in [-0.2, -0.15) is 0 Å². The van der Waals surface area contributed by atoms with Gasteiger partial charge in [0.05, 0.1) is 18.5 Å². The van der Waals surface area contributed by atoms with Gasteiger partial charge in [0.15, 0.2) is 6.61 Å². The molecule has 2 aromatic rings. The predicted octanol–water partition coefficient (Wildman–Crippen LogP) is 4.69. The van der Waals surface area contributed by atoms with E-state index in [9.17, 15) is 13.2 Å². The normalized spacial score (nSPS) is 13.9. The lowest BCUT2D eigenvalue weighted by Gasteiger charge is -2.23. The second-order valence-corrected chi connectivity index (χ2v) is 10.2. The summed E-state index contributed by atoms with van der Waals surface area (Å²) in [6.07, 6.45) is 9.08. The van der Waals surface area contributed by atoms with Crippen LogP contribution in [0, 0.1) is 0 Å². The minimum Gasteiger partial charge on any atom is -0.484 e. The van der Waals surface area contributed by atoms with E-state index in [4.69, 9.17) is 16.3 Å². The highest BCUT2D eigenvalue weighted by atomic mass is 35.5. The Kier molecular flexibility index (Phi) is 8.59. The molecule has 8 heteroatoms. The number of ether oxygens (including phenoxy) is 1. The predicted molar refractivity (Wildman–Crippen MR) is 129 cm³/mol. The van der Waals surface area contributed by atoms with Crippen molar-refractivity contribution in [1.82, 2.24) is 5.32 Å². The SMILES string of the molecule is CS(=O)(=O)N(Cc1ccc(Cl)cc1)c1ccc(OCC(=O)NCCC2=CCCCC2)cc1. The number of nitrogens with one attached hydrogen (secondary N) is 1. The van der Waals surface area contributed by atoms with Crippen LogP contribution in [0.15, 0.2) is 60.2 Å². The van der Waals surface area contributed by atoms with Crippen LogP contribution in [-0.2, 0) is 21.4 Å². The molecule has 0 spiro atoms. The van der Waals surface area contributed by atoms with Crippen molar-refractivity contribution in [3.05, 3.63) is 70.8 Å². The third-order valence-corrected chi connectivity index (χ3v) is 6.68. The third kappa shape index (κ3) is 7.57. The van der Waals surface area contributed by atoms with Crippen molar-refractivity contribution in [2.45, 2.75) is 38.6 Å². The summed E-state index contributed by atoms with van der Waals surface area (Å²) in [5.74, 6) is 0.324. The Balaban J connectivity index is 1.52. The van der Waals surface area contributed by atoms with Crippen molar-refractivity contribution in [2.24, 2.45) is 0 Å². The van der Waals surface area contributed by atoms with E-state index < -0.39 is 10.0 Å². The van der Waals surface area contributed by atoms with Gasteiger partial charge in [0, 0.05) is 11.6 Å². The summed E-state index contributed by atoms with van der Waals surface area (Å²) in [7, 11) is -3.49. The number of allylic oxidation sites excluding steroid dienone is 1. The number of benzene rings is 2. The van der Waals surface area contributed by atoms with Crippen molar-refractivity contribution in [2.75, 3.05) is 23.7 Å². The molecule has 3 rings (SSSR count). The molecular formula is C24H29ClN2O4S. The molecule has 0 bridgehead atoms. The molecule has 6 nitrogen and oxygen atoms in total. The zero-order valence-corrected chi connectivity index (χ0v) is 19.8. The standard InChI is InChI=1S/C24H29ClN2O4S/c1-32(29,30)27(17-20-7-9-21(25)10-8-20)22-11-13-23(14-12-22)31-18-24(28)26-16-15-19-5-3-2-4-6-19/h5,7-14H,2-4,6,15-18H2,1H3,(H,26,28).